The third-order valence-corrected chi connectivity index (χ3v) is 7.16. The Kier molecular flexibility index (Phi) is 10.3. The summed E-state index contributed by atoms with van der Waals surface area (Å²) >= 11 is 0. The van der Waals surface area contributed by atoms with Crippen LogP contribution in [0.3, 0.4) is 0 Å². The fourth-order valence-corrected chi connectivity index (χ4v) is 4.90. The van der Waals surface area contributed by atoms with Crippen LogP contribution in [-0.2, 0) is 27.8 Å². The Morgan fingerprint density at radius 1 is 1.12 bits per heavy atom. The molecule has 3 N–H and O–H groups in total. The van der Waals surface area contributed by atoms with Crippen LogP contribution in [0.4, 0.5) is 24.7 Å². The van der Waals surface area contributed by atoms with Gasteiger partial charge < -0.3 is 15.1 Å². The zero-order chi connectivity index (χ0) is 30.4. The molecule has 15 heteroatoms. The van der Waals surface area contributed by atoms with Gasteiger partial charge in [0.2, 0.25) is 0 Å². The summed E-state index contributed by atoms with van der Waals surface area (Å²) in [6.45, 7) is 9.13. The highest BCUT2D eigenvalue weighted by atomic mass is 32.2. The number of alkyl halides is 3. The lowest BCUT2D eigenvalue weighted by Gasteiger charge is -2.21. The quantitative estimate of drug-likeness (QED) is 0.338. The lowest BCUT2D eigenvalue weighted by molar-refractivity contribution is -0.192. The maximum atomic E-state index is 12.7. The summed E-state index contributed by atoms with van der Waals surface area (Å²) < 4.78 is 61.5. The Bertz CT molecular complexity index is 1490. The van der Waals surface area contributed by atoms with E-state index >= 15 is 0 Å². The van der Waals surface area contributed by atoms with Gasteiger partial charge in [-0.2, -0.15) is 18.3 Å². The van der Waals surface area contributed by atoms with Gasteiger partial charge in [0.1, 0.15) is 11.4 Å². The summed E-state index contributed by atoms with van der Waals surface area (Å²) in [7, 11) is -2.11. The molecule has 0 aliphatic rings. The molecule has 11 nitrogen and oxygen atoms in total. The van der Waals surface area contributed by atoms with Crippen molar-refractivity contribution in [3.05, 3.63) is 64.6 Å². The van der Waals surface area contributed by atoms with E-state index in [1.165, 1.54) is 18.3 Å². The highest BCUT2D eigenvalue weighted by molar-refractivity contribution is 7.92. The van der Waals surface area contributed by atoms with Crippen molar-refractivity contribution >= 4 is 33.5 Å². The zero-order valence-electron chi connectivity index (χ0n) is 22.4. The molecule has 0 saturated carbocycles. The Balaban J connectivity index is 0.000000708. The number of pyridine rings is 1. The molecule has 0 aliphatic heterocycles. The van der Waals surface area contributed by atoms with Gasteiger partial charge in [0.05, 0.1) is 22.5 Å². The van der Waals surface area contributed by atoms with Crippen molar-refractivity contribution in [2.45, 2.75) is 51.7 Å². The minimum absolute atomic E-state index is 0.0837. The number of hydrogen-bond acceptors (Lipinski definition) is 7. The average Bonchev–Trinajstić information content (AvgIpc) is 3.14. The van der Waals surface area contributed by atoms with Crippen LogP contribution in [0.5, 0.6) is 0 Å². The molecule has 0 saturated heterocycles. The molecule has 0 bridgehead atoms. The maximum absolute atomic E-state index is 12.7. The first-order chi connectivity index (χ1) is 18.5. The molecule has 0 atom stereocenters. The van der Waals surface area contributed by atoms with Gasteiger partial charge in [0.25, 0.3) is 10.0 Å². The van der Waals surface area contributed by atoms with Crippen molar-refractivity contribution in [2.24, 2.45) is 0 Å². The van der Waals surface area contributed by atoms with Crippen molar-refractivity contribution in [3.8, 4) is 0 Å². The van der Waals surface area contributed by atoms with Crippen LogP contribution < -0.4 is 9.62 Å². The number of benzene rings is 1. The summed E-state index contributed by atoms with van der Waals surface area (Å²) in [4.78, 5) is 26.9. The molecule has 0 fully saturated rings. The molecule has 0 unspecified atom stereocenters. The van der Waals surface area contributed by atoms with Crippen molar-refractivity contribution in [1.82, 2.24) is 14.8 Å². The number of aromatic nitrogens is 3. The van der Waals surface area contributed by atoms with Gasteiger partial charge in [0, 0.05) is 25.8 Å². The van der Waals surface area contributed by atoms with Gasteiger partial charge >= 0.3 is 18.1 Å². The molecule has 3 aromatic rings. The Morgan fingerprint density at radius 2 is 1.75 bits per heavy atom. The number of nitrogens with zero attached hydrogens (tertiary/aromatic N) is 4. The number of rotatable bonds is 9. The van der Waals surface area contributed by atoms with E-state index in [4.69, 9.17) is 9.90 Å². The van der Waals surface area contributed by atoms with Crippen molar-refractivity contribution in [3.63, 3.8) is 0 Å². The molecule has 1 aromatic carbocycles. The minimum atomic E-state index is -5.08. The minimum Gasteiger partial charge on any atom is -0.478 e. The number of sulfonamides is 1. The van der Waals surface area contributed by atoms with E-state index in [2.05, 4.69) is 14.8 Å². The number of aliphatic carboxylic acids is 1. The standard InChI is InChI=1S/C23H29N5O4S.C2HF3O2/c1-6-28-17(4)20(16(3)25-28)10-11-27(5)22-21(23(29)30)13-18(14-24-22)26-33(31,32)19-9-7-8-15(2)12-19;3-2(4,5)1(6)7/h7-9,12-14,26H,6,10-11H2,1-5H3,(H,29,30);(H,6,7). The third-order valence-electron chi connectivity index (χ3n) is 5.78. The Labute approximate surface area is 229 Å². The van der Waals surface area contributed by atoms with E-state index in [1.54, 1.807) is 37.1 Å². The van der Waals surface area contributed by atoms with Crippen LogP contribution >= 0.6 is 0 Å². The normalized spacial score (nSPS) is 11.4. The number of aryl methyl sites for hydroxylation is 3. The first-order valence-corrected chi connectivity index (χ1v) is 13.3. The highest BCUT2D eigenvalue weighted by Gasteiger charge is 2.38. The number of aromatic carboxylic acids is 1. The molecule has 3 rings (SSSR count). The molecule has 0 aliphatic carbocycles. The summed E-state index contributed by atoms with van der Waals surface area (Å²) in [6.07, 6.45) is -3.08. The van der Waals surface area contributed by atoms with Crippen LogP contribution in [0.25, 0.3) is 0 Å². The molecule has 2 aromatic heterocycles. The fourth-order valence-electron chi connectivity index (χ4n) is 3.76. The van der Waals surface area contributed by atoms with E-state index in [9.17, 15) is 31.5 Å². The van der Waals surface area contributed by atoms with Crippen molar-refractivity contribution in [2.75, 3.05) is 23.2 Å². The van der Waals surface area contributed by atoms with E-state index in [0.717, 1.165) is 29.1 Å². The molecule has 40 heavy (non-hydrogen) atoms. The summed E-state index contributed by atoms with van der Waals surface area (Å²) in [5, 5.41) is 21.4. The van der Waals surface area contributed by atoms with Gasteiger partial charge in [-0.25, -0.2) is 23.0 Å². The van der Waals surface area contributed by atoms with Crippen LogP contribution in [0.15, 0.2) is 41.4 Å². The third kappa shape index (κ3) is 8.18. The Morgan fingerprint density at radius 3 is 2.25 bits per heavy atom. The number of carbonyl (C=O) groups is 2. The van der Waals surface area contributed by atoms with Crippen LogP contribution in [0.1, 0.15) is 39.8 Å². The van der Waals surface area contributed by atoms with Crippen LogP contribution in [-0.4, -0.2) is 65.1 Å². The molecular weight excluding hydrogens is 555 g/mol. The largest absolute Gasteiger partial charge is 0.490 e. The fraction of sp³-hybridized carbons (Fsp3) is 0.360. The number of halogens is 3. The lowest BCUT2D eigenvalue weighted by Crippen LogP contribution is -2.24. The Hall–Kier alpha value is -4.14. The van der Waals surface area contributed by atoms with Gasteiger partial charge in [-0.3, -0.25) is 9.40 Å². The van der Waals surface area contributed by atoms with E-state index < -0.39 is 28.1 Å². The number of likely N-dealkylation sites (N-methyl/N-ethyl adjacent to an activating group) is 1. The van der Waals surface area contributed by atoms with Gasteiger partial charge in [-0.1, -0.05) is 12.1 Å². The van der Waals surface area contributed by atoms with E-state index in [1.807, 2.05) is 25.5 Å². The maximum Gasteiger partial charge on any atom is 0.490 e. The number of anilines is 2. The van der Waals surface area contributed by atoms with Crippen molar-refractivity contribution in [1.29, 1.82) is 0 Å². The second-order valence-corrected chi connectivity index (χ2v) is 10.4. The smallest absolute Gasteiger partial charge is 0.478 e. The number of hydrogen-bond donors (Lipinski definition) is 3. The summed E-state index contributed by atoms with van der Waals surface area (Å²) in [6, 6.07) is 7.76. The number of carboxylic acid groups (broad SMARTS) is 2. The summed E-state index contributed by atoms with van der Waals surface area (Å²) in [5.41, 5.74) is 3.98. The average molecular weight is 586 g/mol. The second-order valence-electron chi connectivity index (χ2n) is 8.76. The van der Waals surface area contributed by atoms with Gasteiger partial charge in [-0.05, 0) is 63.4 Å². The van der Waals surface area contributed by atoms with E-state index in [0.29, 0.717) is 13.0 Å². The highest BCUT2D eigenvalue weighted by Crippen LogP contribution is 2.24. The molecule has 0 amide bonds. The van der Waals surface area contributed by atoms with Crippen LogP contribution in [0, 0.1) is 20.8 Å². The van der Waals surface area contributed by atoms with Gasteiger partial charge in [0.15, 0.2) is 0 Å². The van der Waals surface area contributed by atoms with Gasteiger partial charge in [-0.15, -0.1) is 0 Å². The monoisotopic (exact) mass is 585 g/mol. The van der Waals surface area contributed by atoms with Crippen LogP contribution in [0.2, 0.25) is 0 Å². The van der Waals surface area contributed by atoms with Crippen molar-refractivity contribution < 1.29 is 41.4 Å². The molecule has 218 valence electrons. The number of nitrogens with one attached hydrogen (secondary N) is 1. The predicted molar refractivity (Wildman–Crippen MR) is 141 cm³/mol. The summed E-state index contributed by atoms with van der Waals surface area (Å²) in [5.74, 6) is -3.68. The topological polar surface area (TPSA) is 155 Å². The SMILES string of the molecule is CCn1nc(C)c(CCN(C)c2ncc(NS(=O)(=O)c3cccc(C)c3)cc2C(=O)O)c1C.O=C(O)C(F)(F)F. The predicted octanol–water partition coefficient (Wildman–Crippen LogP) is 4.03. The molecular formula is C25H30F3N5O6S. The molecule has 0 spiro atoms. The molecule has 2 heterocycles. The zero-order valence-corrected chi connectivity index (χ0v) is 23.3. The molecule has 0 radical (unpaired) electrons. The first kappa shape index (κ1) is 32.1. The first-order valence-electron chi connectivity index (χ1n) is 11.8. The second kappa shape index (κ2) is 12.8. The number of carboxylic acids is 2. The van der Waals surface area contributed by atoms with E-state index in [-0.39, 0.29) is 22.0 Å². The lowest BCUT2D eigenvalue weighted by atomic mass is 10.1.